The fourth-order valence-corrected chi connectivity index (χ4v) is 1.95. The highest BCUT2D eigenvalue weighted by molar-refractivity contribution is 14.0. The predicted molar refractivity (Wildman–Crippen MR) is 104 cm³/mol. The van der Waals surface area contributed by atoms with Gasteiger partial charge >= 0.3 is 0 Å². The fraction of sp³-hybridized carbons (Fsp3) is 0.500. The van der Waals surface area contributed by atoms with Gasteiger partial charge in [-0.25, -0.2) is 13.8 Å². The molecule has 0 spiro atoms. The van der Waals surface area contributed by atoms with Gasteiger partial charge in [0.25, 0.3) is 0 Å². The van der Waals surface area contributed by atoms with Gasteiger partial charge in [0.1, 0.15) is 18.2 Å². The zero-order valence-electron chi connectivity index (χ0n) is 14.6. The molecule has 0 heterocycles. The molecule has 3 N–H and O–H groups in total. The first kappa shape index (κ1) is 23.5. The minimum Gasteiger partial charge on any atom is -0.383 e. The number of benzene rings is 1. The minimum absolute atomic E-state index is 0. The molecule has 0 saturated carbocycles. The molecule has 0 saturated heterocycles. The number of aliphatic imine (C=N–C) groups is 1. The molecule has 1 aromatic carbocycles. The number of carbonyl (C=O) groups excluding carboxylic acids is 1. The van der Waals surface area contributed by atoms with Gasteiger partial charge in [-0.3, -0.25) is 4.79 Å². The molecule has 1 rings (SSSR count). The molecule has 0 aliphatic carbocycles. The highest BCUT2D eigenvalue weighted by Crippen LogP contribution is 2.17. The molecule has 1 aromatic rings. The standard InChI is InChI=1S/C16H24F2N4O2.HI/c1-4-19-16(21-10-15(23)20-7-8-24-3)22-11(2)13-6-5-12(17)9-14(13)18;/h5-6,9,11H,4,7-8,10H2,1-3H3,(H,20,23)(H2,19,21,22);1H. The summed E-state index contributed by atoms with van der Waals surface area (Å²) in [4.78, 5) is 15.8. The number of nitrogens with one attached hydrogen (secondary N) is 3. The van der Waals surface area contributed by atoms with E-state index in [9.17, 15) is 13.6 Å². The highest BCUT2D eigenvalue weighted by Gasteiger charge is 2.13. The van der Waals surface area contributed by atoms with E-state index in [0.29, 0.717) is 31.2 Å². The first-order valence-electron chi connectivity index (χ1n) is 7.73. The molecule has 1 unspecified atom stereocenters. The van der Waals surface area contributed by atoms with Gasteiger partial charge in [-0.1, -0.05) is 6.07 Å². The molecule has 9 heteroatoms. The quantitative estimate of drug-likeness (QED) is 0.235. The van der Waals surface area contributed by atoms with Crippen LogP contribution in [0, 0.1) is 11.6 Å². The molecule has 6 nitrogen and oxygen atoms in total. The lowest BCUT2D eigenvalue weighted by Gasteiger charge is -2.18. The monoisotopic (exact) mass is 470 g/mol. The van der Waals surface area contributed by atoms with E-state index in [-0.39, 0.29) is 36.4 Å². The van der Waals surface area contributed by atoms with E-state index in [1.54, 1.807) is 14.0 Å². The Bertz CT molecular complexity index is 573. The lowest BCUT2D eigenvalue weighted by Crippen LogP contribution is -2.40. The van der Waals surface area contributed by atoms with Crippen LogP contribution in [-0.2, 0) is 9.53 Å². The summed E-state index contributed by atoms with van der Waals surface area (Å²) < 4.78 is 31.6. The Morgan fingerprint density at radius 2 is 2.04 bits per heavy atom. The van der Waals surface area contributed by atoms with E-state index >= 15 is 0 Å². The van der Waals surface area contributed by atoms with Gasteiger partial charge in [0, 0.05) is 31.8 Å². The Morgan fingerprint density at radius 1 is 1.32 bits per heavy atom. The Labute approximate surface area is 163 Å². The van der Waals surface area contributed by atoms with Crippen molar-refractivity contribution < 1.29 is 18.3 Å². The molecule has 0 fully saturated rings. The van der Waals surface area contributed by atoms with Gasteiger partial charge in [-0.15, -0.1) is 24.0 Å². The first-order valence-corrected chi connectivity index (χ1v) is 7.73. The second-order valence-corrected chi connectivity index (χ2v) is 5.07. The summed E-state index contributed by atoms with van der Waals surface area (Å²) in [5, 5.41) is 8.62. The second-order valence-electron chi connectivity index (χ2n) is 5.07. The van der Waals surface area contributed by atoms with Crippen LogP contribution in [0.2, 0.25) is 0 Å². The van der Waals surface area contributed by atoms with Crippen molar-refractivity contribution in [2.24, 2.45) is 4.99 Å². The average molecular weight is 470 g/mol. The molecule has 1 atom stereocenters. The highest BCUT2D eigenvalue weighted by atomic mass is 127. The zero-order valence-corrected chi connectivity index (χ0v) is 16.9. The van der Waals surface area contributed by atoms with Crippen molar-refractivity contribution in [3.05, 3.63) is 35.4 Å². The lowest BCUT2D eigenvalue weighted by atomic mass is 10.1. The van der Waals surface area contributed by atoms with E-state index in [4.69, 9.17) is 4.74 Å². The molecule has 142 valence electrons. The van der Waals surface area contributed by atoms with Crippen molar-refractivity contribution in [3.63, 3.8) is 0 Å². The number of hydrogen-bond donors (Lipinski definition) is 3. The smallest absolute Gasteiger partial charge is 0.241 e. The number of hydrogen-bond acceptors (Lipinski definition) is 3. The predicted octanol–water partition coefficient (Wildman–Crippen LogP) is 1.96. The van der Waals surface area contributed by atoms with Gasteiger partial charge in [-0.2, -0.15) is 0 Å². The van der Waals surface area contributed by atoms with Crippen LogP contribution in [-0.4, -0.2) is 45.2 Å². The summed E-state index contributed by atoms with van der Waals surface area (Å²) in [6.07, 6.45) is 0. The van der Waals surface area contributed by atoms with Crippen molar-refractivity contribution in [2.75, 3.05) is 33.4 Å². The Balaban J connectivity index is 0.00000576. The van der Waals surface area contributed by atoms with E-state index in [1.807, 2.05) is 6.92 Å². The van der Waals surface area contributed by atoms with Gasteiger partial charge in [-0.05, 0) is 19.9 Å². The number of ether oxygens (including phenoxy) is 1. The van der Waals surface area contributed by atoms with Crippen LogP contribution in [0.25, 0.3) is 0 Å². The van der Waals surface area contributed by atoms with Crippen molar-refractivity contribution >= 4 is 35.8 Å². The molecule has 0 aliphatic heterocycles. The van der Waals surface area contributed by atoms with Crippen LogP contribution in [0.3, 0.4) is 0 Å². The van der Waals surface area contributed by atoms with Crippen LogP contribution >= 0.6 is 24.0 Å². The third-order valence-corrected chi connectivity index (χ3v) is 3.14. The zero-order chi connectivity index (χ0) is 17.9. The van der Waals surface area contributed by atoms with Crippen molar-refractivity contribution in [1.29, 1.82) is 0 Å². The van der Waals surface area contributed by atoms with Gasteiger partial charge in [0.15, 0.2) is 5.96 Å². The lowest BCUT2D eigenvalue weighted by molar-refractivity contribution is -0.119. The van der Waals surface area contributed by atoms with E-state index in [1.165, 1.54) is 12.1 Å². The van der Waals surface area contributed by atoms with E-state index in [2.05, 4.69) is 20.9 Å². The number of carbonyl (C=O) groups is 1. The van der Waals surface area contributed by atoms with Crippen LogP contribution in [0.15, 0.2) is 23.2 Å². The summed E-state index contributed by atoms with van der Waals surface area (Å²) >= 11 is 0. The summed E-state index contributed by atoms with van der Waals surface area (Å²) in [6, 6.07) is 2.97. The molecule has 0 bridgehead atoms. The van der Waals surface area contributed by atoms with Crippen LogP contribution in [0.5, 0.6) is 0 Å². The van der Waals surface area contributed by atoms with Crippen LogP contribution < -0.4 is 16.0 Å². The van der Waals surface area contributed by atoms with E-state index in [0.717, 1.165) is 6.07 Å². The Hall–Kier alpha value is -1.49. The molecule has 1 amide bonds. The van der Waals surface area contributed by atoms with Gasteiger partial charge in [0.2, 0.25) is 5.91 Å². The molecule has 0 aromatic heterocycles. The first-order chi connectivity index (χ1) is 11.5. The van der Waals surface area contributed by atoms with Crippen LogP contribution in [0.4, 0.5) is 8.78 Å². The number of nitrogens with zero attached hydrogens (tertiary/aromatic N) is 1. The van der Waals surface area contributed by atoms with Crippen molar-refractivity contribution in [2.45, 2.75) is 19.9 Å². The molecular weight excluding hydrogens is 445 g/mol. The summed E-state index contributed by atoms with van der Waals surface area (Å²) in [7, 11) is 1.55. The third kappa shape index (κ3) is 8.96. The number of rotatable bonds is 8. The molecular formula is C16H25F2IN4O2. The second kappa shape index (κ2) is 12.8. The number of amides is 1. The SMILES string of the molecule is CCNC(=NCC(=O)NCCOC)NC(C)c1ccc(F)cc1F.I. The summed E-state index contributed by atoms with van der Waals surface area (Å²) in [6.45, 7) is 4.94. The minimum atomic E-state index is -0.636. The number of methoxy groups -OCH3 is 1. The van der Waals surface area contributed by atoms with Crippen molar-refractivity contribution in [3.8, 4) is 0 Å². The number of guanidine groups is 1. The fourth-order valence-electron chi connectivity index (χ4n) is 1.95. The maximum atomic E-state index is 13.8. The van der Waals surface area contributed by atoms with Crippen LogP contribution in [0.1, 0.15) is 25.5 Å². The Morgan fingerprint density at radius 3 is 2.64 bits per heavy atom. The topological polar surface area (TPSA) is 74.8 Å². The summed E-state index contributed by atoms with van der Waals surface area (Å²) in [5.74, 6) is -1.14. The summed E-state index contributed by atoms with van der Waals surface area (Å²) in [5.41, 5.74) is 0.312. The van der Waals surface area contributed by atoms with Gasteiger partial charge < -0.3 is 20.7 Å². The maximum absolute atomic E-state index is 13.8. The maximum Gasteiger partial charge on any atom is 0.241 e. The normalized spacial score (nSPS) is 12.1. The molecule has 0 aliphatic rings. The third-order valence-electron chi connectivity index (χ3n) is 3.14. The number of halogens is 3. The Kier molecular flexibility index (Phi) is 12.0. The average Bonchev–Trinajstić information content (AvgIpc) is 2.53. The molecule has 25 heavy (non-hydrogen) atoms. The van der Waals surface area contributed by atoms with Gasteiger partial charge in [0.05, 0.1) is 12.6 Å². The van der Waals surface area contributed by atoms with Crippen molar-refractivity contribution in [1.82, 2.24) is 16.0 Å². The van der Waals surface area contributed by atoms with E-state index < -0.39 is 17.7 Å². The largest absolute Gasteiger partial charge is 0.383 e. The molecule has 0 radical (unpaired) electrons.